The first-order chi connectivity index (χ1) is 10.3. The van der Waals surface area contributed by atoms with E-state index < -0.39 is 0 Å². The van der Waals surface area contributed by atoms with Gasteiger partial charge >= 0.3 is 0 Å². The first kappa shape index (κ1) is 14.5. The smallest absolute Gasteiger partial charge is 0.246 e. The summed E-state index contributed by atoms with van der Waals surface area (Å²) in [6.07, 6.45) is 4.03. The summed E-state index contributed by atoms with van der Waals surface area (Å²) in [5.41, 5.74) is 0.878. The molecule has 21 heavy (non-hydrogen) atoms. The lowest BCUT2D eigenvalue weighted by Crippen LogP contribution is -2.54. The zero-order valence-electron chi connectivity index (χ0n) is 12.7. The number of nitrogens with zero attached hydrogens (tertiary/aromatic N) is 3. The van der Waals surface area contributed by atoms with Gasteiger partial charge in [0.2, 0.25) is 5.91 Å². The van der Waals surface area contributed by atoms with Gasteiger partial charge in [0.25, 0.3) is 0 Å². The molecule has 2 atom stereocenters. The second-order valence-corrected chi connectivity index (χ2v) is 5.98. The third kappa shape index (κ3) is 3.09. The predicted molar refractivity (Wildman–Crippen MR) is 81.8 cm³/mol. The van der Waals surface area contributed by atoms with E-state index in [-0.39, 0.29) is 11.9 Å². The van der Waals surface area contributed by atoms with Crippen molar-refractivity contribution in [2.24, 2.45) is 0 Å². The van der Waals surface area contributed by atoms with Crippen molar-refractivity contribution in [1.29, 1.82) is 0 Å². The number of likely N-dealkylation sites (tertiary alicyclic amines) is 1. The predicted octanol–water partition coefficient (Wildman–Crippen LogP) is 1.04. The Balaban J connectivity index is 1.88. The van der Waals surface area contributed by atoms with Gasteiger partial charge in [-0.2, -0.15) is 0 Å². The maximum absolute atomic E-state index is 13.0. The molecule has 1 aromatic rings. The molecule has 1 aromatic heterocycles. The van der Waals surface area contributed by atoms with Gasteiger partial charge in [-0.1, -0.05) is 6.07 Å². The Morgan fingerprint density at radius 1 is 1.33 bits per heavy atom. The van der Waals surface area contributed by atoms with Crippen molar-refractivity contribution in [2.75, 3.05) is 32.7 Å². The van der Waals surface area contributed by atoms with Crippen LogP contribution in [0.3, 0.4) is 0 Å². The molecule has 2 aliphatic heterocycles. The highest BCUT2D eigenvalue weighted by Crippen LogP contribution is 2.26. The van der Waals surface area contributed by atoms with Gasteiger partial charge in [0.15, 0.2) is 0 Å². The Labute approximate surface area is 126 Å². The Hall–Kier alpha value is -1.46. The molecule has 5 heteroatoms. The van der Waals surface area contributed by atoms with Crippen LogP contribution < -0.4 is 5.32 Å². The van der Waals surface area contributed by atoms with Crippen LogP contribution in [0.4, 0.5) is 0 Å². The van der Waals surface area contributed by atoms with Crippen LogP contribution in [0.5, 0.6) is 0 Å². The molecule has 0 radical (unpaired) electrons. The second kappa shape index (κ2) is 6.54. The molecular formula is C16H24N4O. The van der Waals surface area contributed by atoms with Crippen LogP contribution in [-0.4, -0.2) is 59.5 Å². The van der Waals surface area contributed by atoms with Gasteiger partial charge in [-0.15, -0.1) is 0 Å². The van der Waals surface area contributed by atoms with Gasteiger partial charge in [0.1, 0.15) is 6.04 Å². The number of hydrogen-bond donors (Lipinski definition) is 1. The Bertz CT molecular complexity index is 472. The summed E-state index contributed by atoms with van der Waals surface area (Å²) >= 11 is 0. The molecule has 2 saturated heterocycles. The fourth-order valence-electron chi connectivity index (χ4n) is 3.33. The lowest BCUT2D eigenvalue weighted by molar-refractivity contribution is -0.137. The van der Waals surface area contributed by atoms with E-state index in [2.05, 4.69) is 22.1 Å². The first-order valence-electron chi connectivity index (χ1n) is 7.93. The van der Waals surface area contributed by atoms with Crippen molar-refractivity contribution in [2.45, 2.75) is 31.8 Å². The number of rotatable bonds is 3. The summed E-state index contributed by atoms with van der Waals surface area (Å²) in [5.74, 6) is 0.222. The van der Waals surface area contributed by atoms with Crippen LogP contribution in [0.1, 0.15) is 31.5 Å². The van der Waals surface area contributed by atoms with Crippen molar-refractivity contribution >= 4 is 5.91 Å². The highest BCUT2D eigenvalue weighted by molar-refractivity contribution is 5.83. The van der Waals surface area contributed by atoms with Crippen molar-refractivity contribution < 1.29 is 4.79 Å². The maximum Gasteiger partial charge on any atom is 0.246 e. The molecule has 1 N–H and O–H groups in total. The maximum atomic E-state index is 13.0. The molecular weight excluding hydrogens is 264 g/mol. The summed E-state index contributed by atoms with van der Waals surface area (Å²) in [6, 6.07) is 5.97. The third-order valence-electron chi connectivity index (χ3n) is 4.50. The fraction of sp³-hybridized carbons (Fsp3) is 0.625. The number of hydrogen-bond acceptors (Lipinski definition) is 4. The van der Waals surface area contributed by atoms with Crippen molar-refractivity contribution in [3.8, 4) is 0 Å². The number of carbonyl (C=O) groups excluding carboxylic acids is 1. The third-order valence-corrected chi connectivity index (χ3v) is 4.50. The molecule has 0 saturated carbocycles. The largest absolute Gasteiger partial charge is 0.341 e. The van der Waals surface area contributed by atoms with Crippen LogP contribution in [0.15, 0.2) is 24.4 Å². The molecule has 2 fully saturated rings. The molecule has 1 amide bonds. The molecule has 2 aliphatic rings. The molecule has 0 aromatic carbocycles. The second-order valence-electron chi connectivity index (χ2n) is 5.98. The lowest BCUT2D eigenvalue weighted by atomic mass is 10.1. The van der Waals surface area contributed by atoms with Crippen LogP contribution in [0.2, 0.25) is 0 Å². The van der Waals surface area contributed by atoms with E-state index >= 15 is 0 Å². The van der Waals surface area contributed by atoms with Crippen molar-refractivity contribution in [3.05, 3.63) is 30.1 Å². The van der Waals surface area contributed by atoms with E-state index in [0.29, 0.717) is 6.04 Å². The summed E-state index contributed by atoms with van der Waals surface area (Å²) < 4.78 is 0. The van der Waals surface area contributed by atoms with Crippen LogP contribution in [0, 0.1) is 0 Å². The number of piperazine rings is 1. The quantitative estimate of drug-likeness (QED) is 0.903. The van der Waals surface area contributed by atoms with Crippen molar-refractivity contribution in [3.63, 3.8) is 0 Å². The minimum Gasteiger partial charge on any atom is -0.341 e. The topological polar surface area (TPSA) is 48.5 Å². The van der Waals surface area contributed by atoms with E-state index in [1.54, 1.807) is 6.20 Å². The van der Waals surface area contributed by atoms with E-state index in [1.165, 1.54) is 0 Å². The van der Waals surface area contributed by atoms with Crippen LogP contribution in [-0.2, 0) is 4.79 Å². The number of amides is 1. The highest BCUT2D eigenvalue weighted by atomic mass is 16.2. The Morgan fingerprint density at radius 3 is 2.81 bits per heavy atom. The van der Waals surface area contributed by atoms with E-state index in [4.69, 9.17) is 0 Å². The average Bonchev–Trinajstić information content (AvgIpc) is 3.05. The van der Waals surface area contributed by atoms with Gasteiger partial charge in [-0.25, -0.2) is 0 Å². The standard InChI is InChI=1S/C16H24N4O/c1-13-12-17-8-11-20(13)15(14-6-2-3-7-18-14)16(21)19-9-4-5-10-19/h2-3,6-7,13,15,17H,4-5,8-12H2,1H3. The SMILES string of the molecule is CC1CNCCN1C(C(=O)N1CCCC1)c1ccccn1. The zero-order chi connectivity index (χ0) is 14.7. The Morgan fingerprint density at radius 2 is 2.14 bits per heavy atom. The molecule has 3 heterocycles. The molecule has 3 rings (SSSR count). The number of nitrogens with one attached hydrogen (secondary N) is 1. The average molecular weight is 288 g/mol. The minimum absolute atomic E-state index is 0.222. The van der Waals surface area contributed by atoms with Crippen LogP contribution in [0.25, 0.3) is 0 Å². The molecule has 114 valence electrons. The van der Waals surface area contributed by atoms with Crippen LogP contribution >= 0.6 is 0 Å². The van der Waals surface area contributed by atoms with E-state index in [0.717, 1.165) is 51.3 Å². The number of carbonyl (C=O) groups is 1. The van der Waals surface area contributed by atoms with E-state index in [9.17, 15) is 4.79 Å². The number of aromatic nitrogens is 1. The number of pyridine rings is 1. The van der Waals surface area contributed by atoms with Gasteiger partial charge in [-0.05, 0) is 31.9 Å². The summed E-state index contributed by atoms with van der Waals surface area (Å²) in [6.45, 7) is 6.71. The molecule has 5 nitrogen and oxygen atoms in total. The van der Waals surface area contributed by atoms with Gasteiger partial charge in [0.05, 0.1) is 5.69 Å². The van der Waals surface area contributed by atoms with Gasteiger partial charge in [0, 0.05) is 45.0 Å². The molecule has 0 bridgehead atoms. The minimum atomic E-state index is -0.235. The summed E-state index contributed by atoms with van der Waals surface area (Å²) in [4.78, 5) is 21.8. The summed E-state index contributed by atoms with van der Waals surface area (Å²) in [7, 11) is 0. The lowest BCUT2D eigenvalue weighted by Gasteiger charge is -2.40. The molecule has 0 spiro atoms. The Kier molecular flexibility index (Phi) is 4.51. The highest BCUT2D eigenvalue weighted by Gasteiger charge is 2.36. The zero-order valence-corrected chi connectivity index (χ0v) is 12.7. The van der Waals surface area contributed by atoms with Crippen molar-refractivity contribution in [1.82, 2.24) is 20.1 Å². The summed E-state index contributed by atoms with van der Waals surface area (Å²) in [5, 5.41) is 3.39. The van der Waals surface area contributed by atoms with Gasteiger partial charge in [-0.3, -0.25) is 14.7 Å². The van der Waals surface area contributed by atoms with E-state index in [1.807, 2.05) is 23.1 Å². The normalized spacial score (nSPS) is 25.0. The molecule has 0 aliphatic carbocycles. The first-order valence-corrected chi connectivity index (χ1v) is 7.93. The molecule has 2 unspecified atom stereocenters. The fourth-order valence-corrected chi connectivity index (χ4v) is 3.33. The monoisotopic (exact) mass is 288 g/mol. The van der Waals surface area contributed by atoms with Gasteiger partial charge < -0.3 is 10.2 Å².